The molecule has 4 nitrogen and oxygen atoms in total. The lowest BCUT2D eigenvalue weighted by Gasteiger charge is -2.05. The molecule has 0 atom stereocenters. The second-order valence-corrected chi connectivity index (χ2v) is 3.11. The summed E-state index contributed by atoms with van der Waals surface area (Å²) in [5.41, 5.74) is 6.31. The minimum absolute atomic E-state index is 0.524. The Labute approximate surface area is 82.3 Å². The van der Waals surface area contributed by atoms with E-state index >= 15 is 0 Å². The van der Waals surface area contributed by atoms with Crippen molar-refractivity contribution in [1.82, 2.24) is 9.55 Å². The summed E-state index contributed by atoms with van der Waals surface area (Å²) in [6.07, 6.45) is 3.71. The van der Waals surface area contributed by atoms with Crippen molar-refractivity contribution in [3.8, 4) is 5.75 Å². The first kappa shape index (κ1) is 9.02. The van der Waals surface area contributed by atoms with E-state index in [1.807, 2.05) is 29.9 Å². The minimum Gasteiger partial charge on any atom is -0.491 e. The molecule has 2 heterocycles. The summed E-state index contributed by atoms with van der Waals surface area (Å²) < 4.78 is 7.47. The predicted octanol–water partition coefficient (Wildman–Crippen LogP) is 0.911. The van der Waals surface area contributed by atoms with E-state index in [2.05, 4.69) is 4.98 Å². The Morgan fingerprint density at radius 1 is 1.50 bits per heavy atom. The monoisotopic (exact) mass is 191 g/mol. The van der Waals surface area contributed by atoms with E-state index in [0.717, 1.165) is 16.8 Å². The smallest absolute Gasteiger partial charge is 0.143 e. The molecule has 0 aliphatic heterocycles. The molecule has 2 rings (SSSR count). The highest BCUT2D eigenvalue weighted by Crippen LogP contribution is 2.23. The Bertz CT molecular complexity index is 436. The zero-order valence-corrected chi connectivity index (χ0v) is 8.10. The molecular weight excluding hydrogens is 178 g/mol. The molecular formula is C10H13N3O. The molecule has 2 aromatic heterocycles. The van der Waals surface area contributed by atoms with E-state index in [4.69, 9.17) is 10.5 Å². The number of hydrogen-bond acceptors (Lipinski definition) is 3. The largest absolute Gasteiger partial charge is 0.491 e. The van der Waals surface area contributed by atoms with E-state index in [9.17, 15) is 0 Å². The molecule has 74 valence electrons. The van der Waals surface area contributed by atoms with Crippen LogP contribution in [0.2, 0.25) is 0 Å². The van der Waals surface area contributed by atoms with Gasteiger partial charge in [0.2, 0.25) is 0 Å². The fourth-order valence-corrected chi connectivity index (χ4v) is 1.43. The summed E-state index contributed by atoms with van der Waals surface area (Å²) in [6, 6.07) is 3.85. The van der Waals surface area contributed by atoms with Crippen LogP contribution in [0.3, 0.4) is 0 Å². The van der Waals surface area contributed by atoms with E-state index < -0.39 is 0 Å². The van der Waals surface area contributed by atoms with Crippen LogP contribution in [0, 0.1) is 0 Å². The van der Waals surface area contributed by atoms with Gasteiger partial charge < -0.3 is 15.0 Å². The molecule has 0 saturated heterocycles. The average molecular weight is 191 g/mol. The topological polar surface area (TPSA) is 53.1 Å². The molecule has 0 fully saturated rings. The van der Waals surface area contributed by atoms with Crippen molar-refractivity contribution in [3.05, 3.63) is 24.5 Å². The molecule has 2 aromatic rings. The number of rotatable bonds is 3. The van der Waals surface area contributed by atoms with Crippen LogP contribution >= 0.6 is 0 Å². The van der Waals surface area contributed by atoms with Gasteiger partial charge in [0.15, 0.2) is 0 Å². The van der Waals surface area contributed by atoms with Gasteiger partial charge in [-0.15, -0.1) is 0 Å². The van der Waals surface area contributed by atoms with Gasteiger partial charge in [-0.1, -0.05) is 0 Å². The predicted molar refractivity (Wildman–Crippen MR) is 55.3 cm³/mol. The van der Waals surface area contributed by atoms with Gasteiger partial charge in [0.25, 0.3) is 0 Å². The van der Waals surface area contributed by atoms with Crippen molar-refractivity contribution in [2.45, 2.75) is 0 Å². The third-order valence-corrected chi connectivity index (χ3v) is 2.10. The van der Waals surface area contributed by atoms with Crippen molar-refractivity contribution < 1.29 is 4.74 Å². The maximum Gasteiger partial charge on any atom is 0.143 e. The van der Waals surface area contributed by atoms with Crippen LogP contribution in [0.1, 0.15) is 0 Å². The number of pyridine rings is 1. The minimum atomic E-state index is 0.524. The quantitative estimate of drug-likeness (QED) is 0.784. The van der Waals surface area contributed by atoms with Crippen LogP contribution in [0.15, 0.2) is 24.5 Å². The van der Waals surface area contributed by atoms with Gasteiger partial charge >= 0.3 is 0 Å². The average Bonchev–Trinajstić information content (AvgIpc) is 2.58. The molecule has 4 heteroatoms. The maximum atomic E-state index is 5.50. The zero-order valence-electron chi connectivity index (χ0n) is 8.10. The summed E-state index contributed by atoms with van der Waals surface area (Å²) in [6.45, 7) is 1.06. The number of nitrogens with two attached hydrogens (primary N) is 1. The molecule has 0 saturated carbocycles. The first-order valence-corrected chi connectivity index (χ1v) is 4.56. The Kier molecular flexibility index (Phi) is 2.37. The maximum absolute atomic E-state index is 5.50. The summed E-state index contributed by atoms with van der Waals surface area (Å²) in [5, 5.41) is 1.03. The van der Waals surface area contributed by atoms with Crippen LogP contribution < -0.4 is 10.5 Å². The van der Waals surface area contributed by atoms with Crippen molar-refractivity contribution >= 4 is 11.0 Å². The Balaban J connectivity index is 2.44. The fourth-order valence-electron chi connectivity index (χ4n) is 1.43. The highest BCUT2D eigenvalue weighted by Gasteiger charge is 2.04. The SMILES string of the molecule is Cn1ccc2c(OCCN)ccnc21. The molecule has 0 aliphatic carbocycles. The van der Waals surface area contributed by atoms with E-state index in [1.54, 1.807) is 6.20 Å². The lowest BCUT2D eigenvalue weighted by atomic mass is 10.3. The van der Waals surface area contributed by atoms with Crippen molar-refractivity contribution in [2.75, 3.05) is 13.2 Å². The van der Waals surface area contributed by atoms with Gasteiger partial charge in [-0.3, -0.25) is 0 Å². The summed E-state index contributed by atoms with van der Waals surface area (Å²) in [7, 11) is 1.96. The van der Waals surface area contributed by atoms with Crippen LogP contribution in [-0.4, -0.2) is 22.7 Å². The summed E-state index contributed by atoms with van der Waals surface area (Å²) in [5.74, 6) is 0.848. The van der Waals surface area contributed by atoms with Gasteiger partial charge in [-0.05, 0) is 12.1 Å². The van der Waals surface area contributed by atoms with Crippen molar-refractivity contribution in [3.63, 3.8) is 0 Å². The number of aromatic nitrogens is 2. The lowest BCUT2D eigenvalue weighted by Crippen LogP contribution is -2.10. The molecule has 14 heavy (non-hydrogen) atoms. The molecule has 0 bridgehead atoms. The second kappa shape index (κ2) is 3.67. The first-order valence-electron chi connectivity index (χ1n) is 4.56. The number of nitrogens with zero attached hydrogens (tertiary/aromatic N) is 2. The molecule has 0 aromatic carbocycles. The molecule has 0 radical (unpaired) electrons. The Morgan fingerprint density at radius 2 is 2.36 bits per heavy atom. The van der Waals surface area contributed by atoms with Crippen molar-refractivity contribution in [2.24, 2.45) is 12.8 Å². The third kappa shape index (κ3) is 1.44. The van der Waals surface area contributed by atoms with Gasteiger partial charge in [0, 0.05) is 26.0 Å². The van der Waals surface area contributed by atoms with Crippen molar-refractivity contribution in [1.29, 1.82) is 0 Å². The highest BCUT2D eigenvalue weighted by atomic mass is 16.5. The number of hydrogen-bond donors (Lipinski definition) is 1. The van der Waals surface area contributed by atoms with E-state index in [0.29, 0.717) is 13.2 Å². The number of fused-ring (bicyclic) bond motifs is 1. The zero-order chi connectivity index (χ0) is 9.97. The molecule has 0 aliphatic rings. The van der Waals surface area contributed by atoms with Crippen LogP contribution in [-0.2, 0) is 7.05 Å². The van der Waals surface area contributed by atoms with Gasteiger partial charge in [0.05, 0.1) is 5.39 Å². The van der Waals surface area contributed by atoms with Crippen LogP contribution in [0.5, 0.6) is 5.75 Å². The van der Waals surface area contributed by atoms with Gasteiger partial charge in [-0.2, -0.15) is 0 Å². The van der Waals surface area contributed by atoms with Gasteiger partial charge in [-0.25, -0.2) is 4.98 Å². The molecule has 0 unspecified atom stereocenters. The molecule has 2 N–H and O–H groups in total. The number of aryl methyl sites for hydroxylation is 1. The van der Waals surface area contributed by atoms with E-state index in [1.165, 1.54) is 0 Å². The third-order valence-electron chi connectivity index (χ3n) is 2.10. The first-order chi connectivity index (χ1) is 6.83. The van der Waals surface area contributed by atoms with Gasteiger partial charge in [0.1, 0.15) is 18.0 Å². The molecule has 0 spiro atoms. The fraction of sp³-hybridized carbons (Fsp3) is 0.300. The summed E-state index contributed by atoms with van der Waals surface area (Å²) in [4.78, 5) is 4.26. The highest BCUT2D eigenvalue weighted by molar-refractivity contribution is 5.82. The lowest BCUT2D eigenvalue weighted by molar-refractivity contribution is 0.332. The van der Waals surface area contributed by atoms with Crippen LogP contribution in [0.25, 0.3) is 11.0 Å². The van der Waals surface area contributed by atoms with Crippen LogP contribution in [0.4, 0.5) is 0 Å². The summed E-state index contributed by atoms with van der Waals surface area (Å²) >= 11 is 0. The normalized spacial score (nSPS) is 10.7. The Hall–Kier alpha value is -1.55. The standard InChI is InChI=1S/C10H13N3O/c1-13-6-3-8-9(14-7-4-11)2-5-12-10(8)13/h2-3,5-6H,4,7,11H2,1H3. The van der Waals surface area contributed by atoms with E-state index in [-0.39, 0.29) is 0 Å². The number of ether oxygens (including phenoxy) is 1. The second-order valence-electron chi connectivity index (χ2n) is 3.11. The molecule has 0 amide bonds. The Morgan fingerprint density at radius 3 is 3.14 bits per heavy atom.